The van der Waals surface area contributed by atoms with Crippen LogP contribution in [0.4, 0.5) is 5.69 Å². The van der Waals surface area contributed by atoms with E-state index < -0.39 is 0 Å². The number of nitrogens with zero attached hydrogens (tertiary/aromatic N) is 2. The van der Waals surface area contributed by atoms with E-state index in [9.17, 15) is 4.79 Å². The fourth-order valence-corrected chi connectivity index (χ4v) is 2.55. The van der Waals surface area contributed by atoms with E-state index in [1.54, 1.807) is 0 Å². The van der Waals surface area contributed by atoms with Crippen LogP contribution >= 0.6 is 0 Å². The SMILES string of the molecule is CCCCC(=O)N1CCCN(c2ccccc2)CC1. The van der Waals surface area contributed by atoms with Gasteiger partial charge in [0, 0.05) is 38.3 Å². The Morgan fingerprint density at radius 2 is 1.89 bits per heavy atom. The maximum Gasteiger partial charge on any atom is 0.222 e. The number of unbranched alkanes of at least 4 members (excludes halogenated alkanes) is 1. The molecule has 0 bridgehead atoms. The lowest BCUT2D eigenvalue weighted by atomic mass is 10.2. The largest absolute Gasteiger partial charge is 0.370 e. The van der Waals surface area contributed by atoms with Crippen molar-refractivity contribution in [3.8, 4) is 0 Å². The molecule has 1 fully saturated rings. The Hall–Kier alpha value is -1.51. The fourth-order valence-electron chi connectivity index (χ4n) is 2.55. The number of carbonyl (C=O) groups is 1. The van der Waals surface area contributed by atoms with Crippen molar-refractivity contribution in [3.05, 3.63) is 30.3 Å². The van der Waals surface area contributed by atoms with Gasteiger partial charge in [-0.2, -0.15) is 0 Å². The Kier molecular flexibility index (Phi) is 5.25. The molecule has 0 atom stereocenters. The number of carbonyl (C=O) groups excluding carboxylic acids is 1. The van der Waals surface area contributed by atoms with E-state index in [1.165, 1.54) is 5.69 Å². The summed E-state index contributed by atoms with van der Waals surface area (Å²) in [5.41, 5.74) is 1.27. The Bertz CT molecular complexity index is 391. The van der Waals surface area contributed by atoms with Crippen LogP contribution in [-0.2, 0) is 4.79 Å². The molecule has 0 N–H and O–H groups in total. The van der Waals surface area contributed by atoms with Gasteiger partial charge in [0.25, 0.3) is 0 Å². The van der Waals surface area contributed by atoms with Gasteiger partial charge in [-0.25, -0.2) is 0 Å². The zero-order valence-electron chi connectivity index (χ0n) is 11.8. The van der Waals surface area contributed by atoms with Crippen molar-refractivity contribution >= 4 is 11.6 Å². The minimum Gasteiger partial charge on any atom is -0.370 e. The van der Waals surface area contributed by atoms with Gasteiger partial charge in [-0.1, -0.05) is 31.5 Å². The zero-order chi connectivity index (χ0) is 13.5. The highest BCUT2D eigenvalue weighted by molar-refractivity contribution is 5.76. The van der Waals surface area contributed by atoms with Crippen LogP contribution in [0.3, 0.4) is 0 Å². The van der Waals surface area contributed by atoms with Crippen molar-refractivity contribution < 1.29 is 4.79 Å². The quantitative estimate of drug-likeness (QED) is 0.831. The fraction of sp³-hybridized carbons (Fsp3) is 0.562. The second kappa shape index (κ2) is 7.17. The van der Waals surface area contributed by atoms with Crippen LogP contribution in [0.15, 0.2) is 30.3 Å². The third kappa shape index (κ3) is 3.98. The number of benzene rings is 1. The van der Waals surface area contributed by atoms with Crippen LogP contribution in [0.25, 0.3) is 0 Å². The van der Waals surface area contributed by atoms with Gasteiger partial charge < -0.3 is 9.80 Å². The summed E-state index contributed by atoms with van der Waals surface area (Å²) in [4.78, 5) is 16.5. The highest BCUT2D eigenvalue weighted by Gasteiger charge is 2.18. The van der Waals surface area contributed by atoms with E-state index in [0.29, 0.717) is 12.3 Å². The van der Waals surface area contributed by atoms with Crippen molar-refractivity contribution in [1.29, 1.82) is 0 Å². The van der Waals surface area contributed by atoms with Crippen molar-refractivity contribution in [2.75, 3.05) is 31.1 Å². The molecule has 0 aliphatic carbocycles. The molecule has 0 saturated carbocycles. The lowest BCUT2D eigenvalue weighted by Gasteiger charge is -2.23. The molecule has 0 radical (unpaired) electrons. The molecule has 1 aromatic rings. The minimum atomic E-state index is 0.330. The molecule has 1 heterocycles. The maximum atomic E-state index is 12.1. The Morgan fingerprint density at radius 1 is 1.11 bits per heavy atom. The summed E-state index contributed by atoms with van der Waals surface area (Å²) in [5.74, 6) is 0.330. The molecule has 104 valence electrons. The molecule has 2 rings (SSSR count). The number of anilines is 1. The highest BCUT2D eigenvalue weighted by Crippen LogP contribution is 2.16. The van der Waals surface area contributed by atoms with Gasteiger partial charge >= 0.3 is 0 Å². The average molecular weight is 260 g/mol. The molecule has 1 aromatic carbocycles. The summed E-state index contributed by atoms with van der Waals surface area (Å²) in [5, 5.41) is 0. The second-order valence-corrected chi connectivity index (χ2v) is 5.16. The third-order valence-electron chi connectivity index (χ3n) is 3.71. The van der Waals surface area contributed by atoms with Crippen LogP contribution < -0.4 is 4.90 Å². The van der Waals surface area contributed by atoms with Crippen LogP contribution in [0.2, 0.25) is 0 Å². The van der Waals surface area contributed by atoms with E-state index in [-0.39, 0.29) is 0 Å². The lowest BCUT2D eigenvalue weighted by Crippen LogP contribution is -2.35. The lowest BCUT2D eigenvalue weighted by molar-refractivity contribution is -0.131. The number of rotatable bonds is 4. The predicted molar refractivity (Wildman–Crippen MR) is 79.4 cm³/mol. The van der Waals surface area contributed by atoms with Crippen LogP contribution in [0.5, 0.6) is 0 Å². The Balaban J connectivity index is 1.89. The number of hydrogen-bond acceptors (Lipinski definition) is 2. The highest BCUT2D eigenvalue weighted by atomic mass is 16.2. The minimum absolute atomic E-state index is 0.330. The summed E-state index contributed by atoms with van der Waals surface area (Å²) >= 11 is 0. The molecule has 1 amide bonds. The molecule has 1 saturated heterocycles. The first kappa shape index (κ1) is 13.9. The van der Waals surface area contributed by atoms with Gasteiger partial charge in [0.1, 0.15) is 0 Å². The van der Waals surface area contributed by atoms with Crippen molar-refractivity contribution in [2.45, 2.75) is 32.6 Å². The van der Waals surface area contributed by atoms with E-state index in [4.69, 9.17) is 0 Å². The Labute approximate surface area is 116 Å². The molecular formula is C16H24N2O. The molecule has 3 nitrogen and oxygen atoms in total. The molecule has 0 unspecified atom stereocenters. The van der Waals surface area contributed by atoms with Gasteiger partial charge in [-0.05, 0) is 25.0 Å². The van der Waals surface area contributed by atoms with Gasteiger partial charge in [-0.3, -0.25) is 4.79 Å². The summed E-state index contributed by atoms with van der Waals surface area (Å²) in [6.45, 7) is 5.89. The number of para-hydroxylation sites is 1. The van der Waals surface area contributed by atoms with E-state index in [2.05, 4.69) is 36.1 Å². The van der Waals surface area contributed by atoms with E-state index in [1.807, 2.05) is 11.0 Å². The van der Waals surface area contributed by atoms with Crippen LogP contribution in [0, 0.1) is 0 Å². The summed E-state index contributed by atoms with van der Waals surface area (Å²) in [6.07, 6.45) is 3.88. The standard InChI is InChI=1S/C16H24N2O/c1-2-3-10-16(19)18-12-7-11-17(13-14-18)15-8-5-4-6-9-15/h4-6,8-9H,2-3,7,10-14H2,1H3. The first-order valence-electron chi connectivity index (χ1n) is 7.39. The second-order valence-electron chi connectivity index (χ2n) is 5.16. The van der Waals surface area contributed by atoms with Crippen molar-refractivity contribution in [2.24, 2.45) is 0 Å². The Morgan fingerprint density at radius 3 is 2.63 bits per heavy atom. The van der Waals surface area contributed by atoms with Gasteiger partial charge in [0.05, 0.1) is 0 Å². The monoisotopic (exact) mass is 260 g/mol. The number of hydrogen-bond donors (Lipinski definition) is 0. The van der Waals surface area contributed by atoms with Gasteiger partial charge in [0.2, 0.25) is 5.91 Å². The van der Waals surface area contributed by atoms with Gasteiger partial charge in [0.15, 0.2) is 0 Å². The first-order chi connectivity index (χ1) is 9.31. The zero-order valence-corrected chi connectivity index (χ0v) is 11.8. The molecule has 1 aliphatic heterocycles. The first-order valence-corrected chi connectivity index (χ1v) is 7.39. The third-order valence-corrected chi connectivity index (χ3v) is 3.71. The summed E-state index contributed by atoms with van der Waals surface area (Å²) in [7, 11) is 0. The predicted octanol–water partition coefficient (Wildman–Crippen LogP) is 2.92. The molecule has 0 spiro atoms. The maximum absolute atomic E-state index is 12.1. The normalized spacial score (nSPS) is 16.3. The van der Waals surface area contributed by atoms with Crippen molar-refractivity contribution in [3.63, 3.8) is 0 Å². The number of amides is 1. The topological polar surface area (TPSA) is 23.6 Å². The van der Waals surface area contributed by atoms with Crippen LogP contribution in [0.1, 0.15) is 32.6 Å². The van der Waals surface area contributed by atoms with Crippen molar-refractivity contribution in [1.82, 2.24) is 4.90 Å². The summed E-state index contributed by atoms with van der Waals surface area (Å²) in [6, 6.07) is 10.5. The van der Waals surface area contributed by atoms with Crippen LogP contribution in [-0.4, -0.2) is 37.0 Å². The van der Waals surface area contributed by atoms with E-state index >= 15 is 0 Å². The summed E-state index contributed by atoms with van der Waals surface area (Å²) < 4.78 is 0. The van der Waals surface area contributed by atoms with E-state index in [0.717, 1.165) is 45.4 Å². The molecule has 0 aromatic heterocycles. The average Bonchev–Trinajstić information content (AvgIpc) is 2.71. The molecular weight excluding hydrogens is 236 g/mol. The molecule has 1 aliphatic rings. The molecule has 3 heteroatoms. The smallest absolute Gasteiger partial charge is 0.222 e. The van der Waals surface area contributed by atoms with Gasteiger partial charge in [-0.15, -0.1) is 0 Å². The molecule has 19 heavy (non-hydrogen) atoms.